The van der Waals surface area contributed by atoms with Crippen LogP contribution in [0.4, 0.5) is 0 Å². The molecule has 0 heterocycles. The van der Waals surface area contributed by atoms with Crippen molar-refractivity contribution in [3.05, 3.63) is 0 Å². The maximum atomic E-state index is 9.88. The summed E-state index contributed by atoms with van der Waals surface area (Å²) in [5, 5.41) is 4.40. The van der Waals surface area contributed by atoms with Crippen molar-refractivity contribution in [1.29, 1.82) is 0 Å². The average molecular weight is 137 g/mol. The summed E-state index contributed by atoms with van der Waals surface area (Å²) < 4.78 is 21.5. The molecular formula is C2H5N2O3S. The molecule has 0 aliphatic carbocycles. The highest BCUT2D eigenvalue weighted by Crippen LogP contribution is 1.60. The topological polar surface area (TPSA) is 89.3 Å². The Labute approximate surface area is 47.1 Å². The summed E-state index contributed by atoms with van der Waals surface area (Å²) in [6.07, 6.45) is 1.30. The molecule has 0 rings (SSSR count). The Kier molecular flexibility index (Phi) is 2.59. The van der Waals surface area contributed by atoms with Gasteiger partial charge in [0.15, 0.2) is 0 Å². The minimum atomic E-state index is -3.70. The summed E-state index contributed by atoms with van der Waals surface area (Å²) in [6, 6.07) is 0. The molecular weight excluding hydrogens is 132 g/mol. The van der Waals surface area contributed by atoms with Gasteiger partial charge < -0.3 is 0 Å². The lowest BCUT2D eigenvalue weighted by Crippen LogP contribution is -2.31. The first-order valence-corrected chi connectivity index (χ1v) is 3.23. The van der Waals surface area contributed by atoms with Crippen LogP contribution < -0.4 is 9.86 Å². The molecule has 0 aromatic heterocycles. The van der Waals surface area contributed by atoms with Crippen LogP contribution in [0.25, 0.3) is 0 Å². The van der Waals surface area contributed by atoms with Gasteiger partial charge in [0.1, 0.15) is 0 Å². The van der Waals surface area contributed by atoms with E-state index in [0.717, 1.165) is 0 Å². The summed E-state index contributed by atoms with van der Waals surface area (Å²) in [5.41, 5.74) is 0. The minimum absolute atomic E-state index is 0.390. The molecule has 0 unspecified atom stereocenters. The van der Waals surface area contributed by atoms with Gasteiger partial charge in [0.05, 0.1) is 6.54 Å². The third-order valence-electron chi connectivity index (χ3n) is 0.346. The fourth-order valence-corrected chi connectivity index (χ4v) is 0.390. The summed E-state index contributed by atoms with van der Waals surface area (Å²) in [5.74, 6) is 0. The van der Waals surface area contributed by atoms with Gasteiger partial charge in [-0.15, -0.1) is 0 Å². The zero-order valence-corrected chi connectivity index (χ0v) is 4.73. The van der Waals surface area contributed by atoms with Crippen molar-refractivity contribution in [3.63, 3.8) is 0 Å². The predicted molar refractivity (Wildman–Crippen MR) is 26.8 cm³/mol. The molecule has 0 saturated carbocycles. The normalized spacial score (nSPS) is 11.1. The molecule has 0 amide bonds. The first-order valence-electron chi connectivity index (χ1n) is 1.68. The standard InChI is InChI=1S/C2H5N2O3S/c3-8(6,7)4-1-2-5/h4H,1H2,(H2,3,6,7). The van der Waals surface area contributed by atoms with Gasteiger partial charge in [-0.2, -0.15) is 13.1 Å². The lowest BCUT2D eigenvalue weighted by atomic mass is 10.8. The van der Waals surface area contributed by atoms with Gasteiger partial charge >= 0.3 is 0 Å². The van der Waals surface area contributed by atoms with E-state index in [1.165, 1.54) is 6.29 Å². The van der Waals surface area contributed by atoms with Gasteiger partial charge in [-0.1, -0.05) is 0 Å². The van der Waals surface area contributed by atoms with Crippen molar-refractivity contribution in [2.45, 2.75) is 0 Å². The molecule has 0 spiro atoms. The number of nitrogens with one attached hydrogen (secondary N) is 1. The molecule has 0 aromatic carbocycles. The molecule has 0 aliphatic rings. The van der Waals surface area contributed by atoms with E-state index in [0.29, 0.717) is 0 Å². The van der Waals surface area contributed by atoms with Crippen LogP contribution in [0, 0.1) is 0 Å². The van der Waals surface area contributed by atoms with Crippen LogP contribution in [0.2, 0.25) is 0 Å². The Morgan fingerprint density at radius 3 is 2.25 bits per heavy atom. The smallest absolute Gasteiger partial charge is 0.274 e. The van der Waals surface area contributed by atoms with Crippen molar-refractivity contribution in [3.8, 4) is 0 Å². The quantitative estimate of drug-likeness (QED) is 0.466. The highest BCUT2D eigenvalue weighted by molar-refractivity contribution is 7.87. The van der Waals surface area contributed by atoms with Crippen molar-refractivity contribution >= 4 is 16.5 Å². The Bertz CT molecular complexity index is 160. The fraction of sp³-hybridized carbons (Fsp3) is 0.500. The molecule has 47 valence electrons. The Morgan fingerprint density at radius 2 is 2.12 bits per heavy atom. The van der Waals surface area contributed by atoms with E-state index in [1.54, 1.807) is 4.72 Å². The molecule has 3 N–H and O–H groups in total. The second-order valence-corrected chi connectivity index (χ2v) is 2.39. The number of nitrogens with two attached hydrogens (primary N) is 1. The van der Waals surface area contributed by atoms with Crippen LogP contribution in [0.15, 0.2) is 0 Å². The number of hydrogen-bond acceptors (Lipinski definition) is 3. The lowest BCUT2D eigenvalue weighted by Gasteiger charge is -1.90. The molecule has 0 atom stereocenters. The molecule has 6 heteroatoms. The molecule has 0 aliphatic heterocycles. The monoisotopic (exact) mass is 137 g/mol. The van der Waals surface area contributed by atoms with Crippen molar-refractivity contribution in [1.82, 2.24) is 4.72 Å². The van der Waals surface area contributed by atoms with Gasteiger partial charge in [-0.05, 0) is 0 Å². The Balaban J connectivity index is 3.57. The molecule has 1 radical (unpaired) electrons. The van der Waals surface area contributed by atoms with E-state index in [4.69, 9.17) is 0 Å². The minimum Gasteiger partial charge on any atom is -0.289 e. The fourth-order valence-electron chi connectivity index (χ4n) is 0.130. The Morgan fingerprint density at radius 1 is 1.62 bits per heavy atom. The second kappa shape index (κ2) is 2.75. The number of hydrogen-bond donors (Lipinski definition) is 2. The van der Waals surface area contributed by atoms with Crippen LogP contribution in [0.5, 0.6) is 0 Å². The Hall–Kier alpha value is -0.460. The highest BCUT2D eigenvalue weighted by Gasteiger charge is 1.96. The molecule has 0 fully saturated rings. The van der Waals surface area contributed by atoms with Gasteiger partial charge in [0.2, 0.25) is 6.29 Å². The highest BCUT2D eigenvalue weighted by atomic mass is 32.2. The largest absolute Gasteiger partial charge is 0.289 e. The maximum Gasteiger partial charge on any atom is 0.274 e. The molecule has 0 saturated heterocycles. The van der Waals surface area contributed by atoms with E-state index in [1.807, 2.05) is 0 Å². The number of carbonyl (C=O) groups excluding carboxylic acids is 1. The first-order chi connectivity index (χ1) is 3.56. The van der Waals surface area contributed by atoms with Crippen LogP contribution in [0.1, 0.15) is 0 Å². The summed E-state index contributed by atoms with van der Waals surface area (Å²) >= 11 is 0. The van der Waals surface area contributed by atoms with Crippen molar-refractivity contribution < 1.29 is 13.2 Å². The molecule has 0 aromatic rings. The molecule has 5 nitrogen and oxygen atoms in total. The molecule has 8 heavy (non-hydrogen) atoms. The summed E-state index contributed by atoms with van der Waals surface area (Å²) in [6.45, 7) is -0.390. The van der Waals surface area contributed by atoms with E-state index in [9.17, 15) is 13.2 Å². The zero-order chi connectivity index (χ0) is 6.62. The van der Waals surface area contributed by atoms with Gasteiger partial charge in [0.25, 0.3) is 10.2 Å². The summed E-state index contributed by atoms with van der Waals surface area (Å²) in [4.78, 5) is 9.34. The van der Waals surface area contributed by atoms with Gasteiger partial charge in [-0.3, -0.25) is 4.79 Å². The third-order valence-corrected chi connectivity index (χ3v) is 0.892. The number of rotatable bonds is 3. The maximum absolute atomic E-state index is 9.88. The predicted octanol–water partition coefficient (Wildman–Crippen LogP) is -2.11. The van der Waals surface area contributed by atoms with Crippen molar-refractivity contribution in [2.24, 2.45) is 5.14 Å². The van der Waals surface area contributed by atoms with Crippen LogP contribution in [0.3, 0.4) is 0 Å². The van der Waals surface area contributed by atoms with E-state index >= 15 is 0 Å². The lowest BCUT2D eigenvalue weighted by molar-refractivity contribution is 0.550. The molecule has 0 bridgehead atoms. The zero-order valence-electron chi connectivity index (χ0n) is 3.92. The first kappa shape index (κ1) is 7.54. The van der Waals surface area contributed by atoms with E-state index in [-0.39, 0.29) is 0 Å². The van der Waals surface area contributed by atoms with E-state index < -0.39 is 16.8 Å². The van der Waals surface area contributed by atoms with Crippen LogP contribution in [-0.4, -0.2) is 21.2 Å². The third kappa shape index (κ3) is 5.54. The van der Waals surface area contributed by atoms with Crippen molar-refractivity contribution in [2.75, 3.05) is 6.54 Å². The van der Waals surface area contributed by atoms with Gasteiger partial charge in [-0.25, -0.2) is 5.14 Å². The van der Waals surface area contributed by atoms with Gasteiger partial charge in [0, 0.05) is 0 Å². The second-order valence-electron chi connectivity index (χ2n) is 1.01. The SMILES string of the molecule is NS(=O)(=O)NC[C]=O. The average Bonchev–Trinajstić information content (AvgIpc) is 1.59. The summed E-state index contributed by atoms with van der Waals surface area (Å²) in [7, 11) is -3.70. The van der Waals surface area contributed by atoms with E-state index in [2.05, 4.69) is 5.14 Å². The van der Waals surface area contributed by atoms with Crippen LogP contribution >= 0.6 is 0 Å². The van der Waals surface area contributed by atoms with Crippen LogP contribution in [-0.2, 0) is 15.0 Å².